The molecule has 0 aliphatic carbocycles. The van der Waals surface area contributed by atoms with Gasteiger partial charge in [0.25, 0.3) is 0 Å². The van der Waals surface area contributed by atoms with Crippen LogP contribution >= 0.6 is 0 Å². The smallest absolute Gasteiger partial charge is 0.0401 e. The number of pyridine rings is 1. The number of rotatable bonds is 3. The zero-order chi connectivity index (χ0) is 8.97. The molecule has 0 aliphatic heterocycles. The molecule has 0 saturated carbocycles. The third kappa shape index (κ3) is 2.33. The van der Waals surface area contributed by atoms with E-state index < -0.39 is 0 Å². The first-order valence-electron chi connectivity index (χ1n) is 4.66. The van der Waals surface area contributed by atoms with Gasteiger partial charge in [-0.3, -0.25) is 4.98 Å². The van der Waals surface area contributed by atoms with Crippen molar-refractivity contribution < 1.29 is 0 Å². The number of aryl methyl sites for hydroxylation is 3. The van der Waals surface area contributed by atoms with Crippen molar-refractivity contribution in [2.75, 3.05) is 0 Å². The van der Waals surface area contributed by atoms with Gasteiger partial charge in [-0.15, -0.1) is 0 Å². The van der Waals surface area contributed by atoms with E-state index >= 15 is 0 Å². The van der Waals surface area contributed by atoms with Gasteiger partial charge in [-0.2, -0.15) is 0 Å². The molecule has 1 heterocycles. The van der Waals surface area contributed by atoms with Crippen LogP contribution in [-0.2, 0) is 6.42 Å². The summed E-state index contributed by atoms with van der Waals surface area (Å²) < 4.78 is 0. The number of nitrogens with zero attached hydrogens (tertiary/aromatic N) is 1. The summed E-state index contributed by atoms with van der Waals surface area (Å²) >= 11 is 0. The van der Waals surface area contributed by atoms with Gasteiger partial charge in [0.1, 0.15) is 0 Å². The van der Waals surface area contributed by atoms with Crippen LogP contribution in [-0.4, -0.2) is 4.98 Å². The van der Waals surface area contributed by atoms with E-state index in [4.69, 9.17) is 0 Å². The van der Waals surface area contributed by atoms with E-state index in [-0.39, 0.29) is 0 Å². The SMILES string of the molecule is CCCCc1cnc(C)c(C)c1. The number of unbranched alkanes of at least 4 members (excludes halogenated alkanes) is 1. The van der Waals surface area contributed by atoms with Crippen LogP contribution < -0.4 is 0 Å². The van der Waals surface area contributed by atoms with Gasteiger partial charge in [-0.25, -0.2) is 0 Å². The fraction of sp³-hybridized carbons (Fsp3) is 0.545. The molecule has 0 radical (unpaired) electrons. The van der Waals surface area contributed by atoms with Gasteiger partial charge in [-0.05, 0) is 37.8 Å². The molecule has 0 unspecified atom stereocenters. The lowest BCUT2D eigenvalue weighted by molar-refractivity contribution is 0.790. The predicted molar refractivity (Wildman–Crippen MR) is 52.3 cm³/mol. The van der Waals surface area contributed by atoms with Crippen LogP contribution in [0.1, 0.15) is 36.6 Å². The lowest BCUT2D eigenvalue weighted by Crippen LogP contribution is -1.91. The first kappa shape index (κ1) is 9.24. The highest BCUT2D eigenvalue weighted by Gasteiger charge is 1.96. The summed E-state index contributed by atoms with van der Waals surface area (Å²) in [6.45, 7) is 6.39. The maximum atomic E-state index is 4.33. The largest absolute Gasteiger partial charge is 0.261 e. The Balaban J connectivity index is 2.69. The van der Waals surface area contributed by atoms with Gasteiger partial charge in [-0.1, -0.05) is 19.4 Å². The van der Waals surface area contributed by atoms with E-state index in [1.807, 2.05) is 6.20 Å². The highest BCUT2D eigenvalue weighted by Crippen LogP contribution is 2.08. The molecule has 1 nitrogen and oxygen atoms in total. The second-order valence-electron chi connectivity index (χ2n) is 3.35. The van der Waals surface area contributed by atoms with E-state index in [1.54, 1.807) is 0 Å². The van der Waals surface area contributed by atoms with Crippen molar-refractivity contribution >= 4 is 0 Å². The standard InChI is InChI=1S/C11H17N/c1-4-5-6-11-7-9(2)10(3)12-8-11/h7-8H,4-6H2,1-3H3. The summed E-state index contributed by atoms with van der Waals surface area (Å²) in [7, 11) is 0. The zero-order valence-electron chi connectivity index (χ0n) is 8.22. The molecule has 1 aromatic heterocycles. The Morgan fingerprint density at radius 3 is 2.67 bits per heavy atom. The second-order valence-corrected chi connectivity index (χ2v) is 3.35. The van der Waals surface area contributed by atoms with Gasteiger partial charge in [0.2, 0.25) is 0 Å². The van der Waals surface area contributed by atoms with E-state index in [2.05, 4.69) is 31.8 Å². The predicted octanol–water partition coefficient (Wildman–Crippen LogP) is 3.04. The Hall–Kier alpha value is -0.850. The number of hydrogen-bond acceptors (Lipinski definition) is 1. The molecule has 0 spiro atoms. The Morgan fingerprint density at radius 1 is 1.33 bits per heavy atom. The summed E-state index contributed by atoms with van der Waals surface area (Å²) in [6, 6.07) is 2.25. The normalized spacial score (nSPS) is 10.2. The number of hydrogen-bond donors (Lipinski definition) is 0. The summed E-state index contributed by atoms with van der Waals surface area (Å²) in [5.41, 5.74) is 3.83. The van der Waals surface area contributed by atoms with E-state index in [0.29, 0.717) is 0 Å². The topological polar surface area (TPSA) is 12.9 Å². The summed E-state index contributed by atoms with van der Waals surface area (Å²) in [5, 5.41) is 0. The molecule has 0 N–H and O–H groups in total. The molecule has 0 aromatic carbocycles. The molecular weight excluding hydrogens is 146 g/mol. The third-order valence-corrected chi connectivity index (χ3v) is 2.22. The summed E-state index contributed by atoms with van der Waals surface area (Å²) in [4.78, 5) is 4.33. The Bertz CT molecular complexity index is 253. The fourth-order valence-electron chi connectivity index (χ4n) is 1.22. The molecule has 1 aromatic rings. The van der Waals surface area contributed by atoms with Crippen molar-refractivity contribution in [3.8, 4) is 0 Å². The van der Waals surface area contributed by atoms with Crippen LogP contribution in [0.5, 0.6) is 0 Å². The van der Waals surface area contributed by atoms with Crippen molar-refractivity contribution in [1.82, 2.24) is 4.98 Å². The molecule has 0 aliphatic rings. The molecule has 0 saturated heterocycles. The molecule has 1 heteroatoms. The molecule has 0 bridgehead atoms. The number of aromatic nitrogens is 1. The van der Waals surface area contributed by atoms with Crippen LogP contribution in [0.25, 0.3) is 0 Å². The average molecular weight is 163 g/mol. The minimum absolute atomic E-state index is 1.15. The molecule has 0 amide bonds. The minimum Gasteiger partial charge on any atom is -0.261 e. The first-order chi connectivity index (χ1) is 5.74. The molecule has 12 heavy (non-hydrogen) atoms. The molecule has 1 rings (SSSR count). The van der Waals surface area contributed by atoms with Crippen LogP contribution in [0.2, 0.25) is 0 Å². The van der Waals surface area contributed by atoms with Crippen LogP contribution in [0, 0.1) is 13.8 Å². The van der Waals surface area contributed by atoms with Crippen molar-refractivity contribution in [2.45, 2.75) is 40.0 Å². The van der Waals surface area contributed by atoms with Gasteiger partial charge in [0.15, 0.2) is 0 Å². The average Bonchev–Trinajstić information content (AvgIpc) is 2.07. The lowest BCUT2D eigenvalue weighted by atomic mass is 10.1. The fourth-order valence-corrected chi connectivity index (χ4v) is 1.22. The Kier molecular flexibility index (Phi) is 3.27. The highest BCUT2D eigenvalue weighted by atomic mass is 14.7. The Labute approximate surface area is 74.8 Å². The van der Waals surface area contributed by atoms with Crippen molar-refractivity contribution in [1.29, 1.82) is 0 Å². The van der Waals surface area contributed by atoms with Gasteiger partial charge in [0, 0.05) is 11.9 Å². The van der Waals surface area contributed by atoms with E-state index in [9.17, 15) is 0 Å². The summed E-state index contributed by atoms with van der Waals surface area (Å²) in [5.74, 6) is 0. The Morgan fingerprint density at radius 2 is 2.08 bits per heavy atom. The van der Waals surface area contributed by atoms with Crippen LogP contribution in [0.4, 0.5) is 0 Å². The lowest BCUT2D eigenvalue weighted by Gasteiger charge is -2.02. The quantitative estimate of drug-likeness (QED) is 0.667. The van der Waals surface area contributed by atoms with Gasteiger partial charge in [0.05, 0.1) is 0 Å². The zero-order valence-corrected chi connectivity index (χ0v) is 8.22. The van der Waals surface area contributed by atoms with E-state index in [0.717, 1.165) is 5.69 Å². The van der Waals surface area contributed by atoms with E-state index in [1.165, 1.54) is 30.4 Å². The third-order valence-electron chi connectivity index (χ3n) is 2.22. The molecule has 66 valence electrons. The maximum absolute atomic E-state index is 4.33. The molecule has 0 fully saturated rings. The second kappa shape index (κ2) is 4.24. The monoisotopic (exact) mass is 163 g/mol. The highest BCUT2D eigenvalue weighted by molar-refractivity contribution is 5.22. The van der Waals surface area contributed by atoms with Crippen LogP contribution in [0.3, 0.4) is 0 Å². The van der Waals surface area contributed by atoms with Crippen molar-refractivity contribution in [2.24, 2.45) is 0 Å². The van der Waals surface area contributed by atoms with Crippen LogP contribution in [0.15, 0.2) is 12.3 Å². The molecule has 0 atom stereocenters. The van der Waals surface area contributed by atoms with Gasteiger partial charge >= 0.3 is 0 Å². The summed E-state index contributed by atoms with van der Waals surface area (Å²) in [6.07, 6.45) is 5.69. The van der Waals surface area contributed by atoms with Crippen molar-refractivity contribution in [3.63, 3.8) is 0 Å². The van der Waals surface area contributed by atoms with Crippen molar-refractivity contribution in [3.05, 3.63) is 29.1 Å². The van der Waals surface area contributed by atoms with Gasteiger partial charge < -0.3 is 0 Å². The first-order valence-corrected chi connectivity index (χ1v) is 4.66. The maximum Gasteiger partial charge on any atom is 0.0401 e. The molecular formula is C11H17N. The minimum atomic E-state index is 1.15.